The van der Waals surface area contributed by atoms with Crippen molar-refractivity contribution in [2.24, 2.45) is 0 Å². The molecule has 32 heavy (non-hydrogen) atoms. The average Bonchev–Trinajstić information content (AvgIpc) is 2.83. The molecule has 1 aromatic heterocycles. The summed E-state index contributed by atoms with van der Waals surface area (Å²) in [5, 5.41) is 12.6. The molecule has 7 aromatic rings. The monoisotopic (exact) mass is 410 g/mol. The fourth-order valence-corrected chi connectivity index (χ4v) is 5.51. The predicted octanol–water partition coefficient (Wildman–Crippen LogP) is 7.87. The van der Waals surface area contributed by atoms with Gasteiger partial charge in [0.25, 0.3) is 0 Å². The van der Waals surface area contributed by atoms with Crippen LogP contribution in [0.5, 0.6) is 0 Å². The number of aryl methyl sites for hydroxylation is 1. The Hall–Kier alpha value is -4.17. The molecule has 0 amide bonds. The summed E-state index contributed by atoms with van der Waals surface area (Å²) < 4.78 is 5.98. The zero-order valence-electron chi connectivity index (χ0n) is 17.5. The highest BCUT2D eigenvalue weighted by molar-refractivity contribution is 6.41. The zero-order valence-corrected chi connectivity index (χ0v) is 17.5. The van der Waals surface area contributed by atoms with Crippen LogP contribution in [0, 0.1) is 6.92 Å². The van der Waals surface area contributed by atoms with Crippen molar-refractivity contribution in [3.8, 4) is 0 Å². The second-order valence-electron chi connectivity index (χ2n) is 8.50. The molecule has 150 valence electrons. The van der Waals surface area contributed by atoms with E-state index < -0.39 is 0 Å². The van der Waals surface area contributed by atoms with E-state index in [2.05, 4.69) is 84.9 Å². The number of hydrogen-bond acceptors (Lipinski definition) is 2. The number of hydrogen-bond donors (Lipinski definition) is 0. The Labute approximate surface area is 183 Å². The highest BCUT2D eigenvalue weighted by Crippen LogP contribution is 2.45. The molecule has 6 aromatic carbocycles. The summed E-state index contributed by atoms with van der Waals surface area (Å²) in [4.78, 5) is 12.5. The van der Waals surface area contributed by atoms with E-state index >= 15 is 0 Å². The van der Waals surface area contributed by atoms with E-state index in [0.29, 0.717) is 5.58 Å². The predicted molar refractivity (Wildman–Crippen MR) is 135 cm³/mol. The lowest BCUT2D eigenvalue weighted by Gasteiger charge is -2.17. The fourth-order valence-electron chi connectivity index (χ4n) is 5.51. The molecule has 0 fully saturated rings. The first-order chi connectivity index (χ1) is 15.7. The molecule has 2 nitrogen and oxygen atoms in total. The van der Waals surface area contributed by atoms with Crippen LogP contribution in [-0.4, -0.2) is 0 Å². The minimum absolute atomic E-state index is 0.311. The highest BCUT2D eigenvalue weighted by Gasteiger charge is 2.20. The van der Waals surface area contributed by atoms with Gasteiger partial charge in [-0.25, -0.2) is 4.79 Å². The second-order valence-corrected chi connectivity index (χ2v) is 8.50. The van der Waals surface area contributed by atoms with E-state index in [1.807, 2.05) is 6.92 Å². The molecule has 7 rings (SSSR count). The van der Waals surface area contributed by atoms with E-state index in [9.17, 15) is 4.79 Å². The molecule has 0 N–H and O–H groups in total. The topological polar surface area (TPSA) is 30.2 Å². The summed E-state index contributed by atoms with van der Waals surface area (Å²) in [6.45, 7) is 2.00. The van der Waals surface area contributed by atoms with Gasteiger partial charge in [-0.05, 0) is 55.6 Å². The van der Waals surface area contributed by atoms with Crippen LogP contribution in [0.3, 0.4) is 0 Å². The van der Waals surface area contributed by atoms with E-state index in [4.69, 9.17) is 4.42 Å². The van der Waals surface area contributed by atoms with Crippen molar-refractivity contribution >= 4 is 64.8 Å². The van der Waals surface area contributed by atoms with E-state index in [-0.39, 0.29) is 5.63 Å². The van der Waals surface area contributed by atoms with Crippen molar-refractivity contribution in [2.75, 3.05) is 0 Å². The van der Waals surface area contributed by atoms with Gasteiger partial charge in [-0.15, -0.1) is 0 Å². The van der Waals surface area contributed by atoms with Gasteiger partial charge >= 0.3 is 5.63 Å². The molecule has 0 saturated heterocycles. The lowest BCUT2D eigenvalue weighted by Crippen LogP contribution is -2.00. The normalized spacial score (nSPS) is 12.0. The summed E-state index contributed by atoms with van der Waals surface area (Å²) in [5.74, 6) is 0. The molecule has 0 saturated carbocycles. The summed E-state index contributed by atoms with van der Waals surface area (Å²) in [6.07, 6.45) is 0. The molecule has 0 unspecified atom stereocenters. The molecule has 0 spiro atoms. The number of fused-ring (bicyclic) bond motifs is 13. The first-order valence-electron chi connectivity index (χ1n) is 10.8. The Morgan fingerprint density at radius 2 is 1.12 bits per heavy atom. The first kappa shape index (κ1) is 17.5. The Bertz CT molecular complexity index is 1960. The van der Waals surface area contributed by atoms with Crippen LogP contribution < -0.4 is 5.63 Å². The summed E-state index contributed by atoms with van der Waals surface area (Å²) >= 11 is 0. The Morgan fingerprint density at radius 1 is 0.531 bits per heavy atom. The van der Waals surface area contributed by atoms with Gasteiger partial charge < -0.3 is 4.42 Å². The molecular weight excluding hydrogens is 392 g/mol. The van der Waals surface area contributed by atoms with Gasteiger partial charge in [-0.2, -0.15) is 0 Å². The van der Waals surface area contributed by atoms with E-state index in [0.717, 1.165) is 32.5 Å². The quantitative estimate of drug-likeness (QED) is 0.188. The van der Waals surface area contributed by atoms with Gasteiger partial charge in [0.05, 0.1) is 0 Å². The van der Waals surface area contributed by atoms with Crippen LogP contribution in [-0.2, 0) is 0 Å². The number of rotatable bonds is 0. The zero-order chi connectivity index (χ0) is 21.4. The van der Waals surface area contributed by atoms with Crippen molar-refractivity contribution in [3.05, 3.63) is 107 Å². The molecule has 2 heteroatoms. The molecule has 0 radical (unpaired) electrons. The molecule has 0 bridgehead atoms. The third kappa shape index (κ3) is 2.16. The van der Waals surface area contributed by atoms with Crippen molar-refractivity contribution in [1.29, 1.82) is 0 Å². The highest BCUT2D eigenvalue weighted by atomic mass is 16.4. The molecule has 0 atom stereocenters. The maximum Gasteiger partial charge on any atom is 0.336 e. The molecule has 0 aliphatic rings. The SMILES string of the molecule is Cc1cc(=O)oc2c1c1ccc3ccccc3c1c1c3ccccc3c3ccccc3c21. The van der Waals surface area contributed by atoms with Crippen LogP contribution in [0.25, 0.3) is 64.8 Å². The maximum absolute atomic E-state index is 12.5. The van der Waals surface area contributed by atoms with Gasteiger partial charge in [-0.3, -0.25) is 0 Å². The number of benzene rings is 6. The van der Waals surface area contributed by atoms with Gasteiger partial charge in [0.15, 0.2) is 0 Å². The van der Waals surface area contributed by atoms with E-state index in [1.54, 1.807) is 6.07 Å². The average molecular weight is 410 g/mol. The minimum atomic E-state index is -0.311. The van der Waals surface area contributed by atoms with Crippen molar-refractivity contribution in [1.82, 2.24) is 0 Å². The maximum atomic E-state index is 12.5. The van der Waals surface area contributed by atoms with Gasteiger partial charge in [-0.1, -0.05) is 84.9 Å². The van der Waals surface area contributed by atoms with Gasteiger partial charge in [0.2, 0.25) is 0 Å². The van der Waals surface area contributed by atoms with Crippen LogP contribution in [0.1, 0.15) is 5.56 Å². The Balaban J connectivity index is 2.02. The molecule has 0 aliphatic heterocycles. The molecule has 0 aliphatic carbocycles. The standard InChI is InChI=1S/C30H18O2/c1-17-16-25(31)32-30-26(17)24-15-14-18-8-2-3-9-19(18)27(24)28-22-12-6-4-10-20(22)21-11-5-7-13-23(21)29(28)30/h2-16H,1H3. The Kier molecular flexibility index (Phi) is 3.38. The third-order valence-corrected chi connectivity index (χ3v) is 6.77. The molecular formula is C30H18O2. The van der Waals surface area contributed by atoms with Crippen LogP contribution in [0.15, 0.2) is 100 Å². The fraction of sp³-hybridized carbons (Fsp3) is 0.0333. The second kappa shape index (κ2) is 6.18. The van der Waals surface area contributed by atoms with Crippen LogP contribution in [0.2, 0.25) is 0 Å². The van der Waals surface area contributed by atoms with Crippen LogP contribution in [0.4, 0.5) is 0 Å². The van der Waals surface area contributed by atoms with Crippen molar-refractivity contribution in [3.63, 3.8) is 0 Å². The minimum Gasteiger partial charge on any atom is -0.422 e. The summed E-state index contributed by atoms with van der Waals surface area (Å²) in [7, 11) is 0. The van der Waals surface area contributed by atoms with Gasteiger partial charge in [0, 0.05) is 22.2 Å². The van der Waals surface area contributed by atoms with E-state index in [1.165, 1.54) is 32.3 Å². The summed E-state index contributed by atoms with van der Waals surface area (Å²) in [6, 6.07) is 31.4. The van der Waals surface area contributed by atoms with Crippen molar-refractivity contribution in [2.45, 2.75) is 6.92 Å². The smallest absolute Gasteiger partial charge is 0.336 e. The van der Waals surface area contributed by atoms with Crippen LogP contribution >= 0.6 is 0 Å². The Morgan fingerprint density at radius 3 is 1.84 bits per heavy atom. The summed E-state index contributed by atoms with van der Waals surface area (Å²) in [5.41, 5.74) is 1.30. The largest absolute Gasteiger partial charge is 0.422 e. The lowest BCUT2D eigenvalue weighted by atomic mass is 9.86. The van der Waals surface area contributed by atoms with Crippen molar-refractivity contribution < 1.29 is 4.42 Å². The first-order valence-corrected chi connectivity index (χ1v) is 10.8. The van der Waals surface area contributed by atoms with Gasteiger partial charge in [0.1, 0.15) is 5.58 Å². The lowest BCUT2D eigenvalue weighted by molar-refractivity contribution is 0.563. The molecule has 1 heterocycles. The third-order valence-electron chi connectivity index (χ3n) is 6.77.